The van der Waals surface area contributed by atoms with Gasteiger partial charge < -0.3 is 11.2 Å². The zero-order valence-electron chi connectivity index (χ0n) is 6.17. The largest absolute Gasteiger partial charge is 0.366 e. The summed E-state index contributed by atoms with van der Waals surface area (Å²) in [5, 5.41) is 0.447. The summed E-state index contributed by atoms with van der Waals surface area (Å²) in [5.74, 6) is 4.62. The molecule has 1 rings (SSSR count). The number of carbonyl (C=O) groups is 1. The second-order valence-electron chi connectivity index (χ2n) is 2.20. The van der Waals surface area contributed by atoms with Crippen LogP contribution in [0.25, 0.3) is 0 Å². The zero-order valence-corrected chi connectivity index (χ0v) is 6.93. The molecular formula is C7H8ClN3O. The number of rotatable bonds is 2. The van der Waals surface area contributed by atoms with E-state index in [9.17, 15) is 4.79 Å². The van der Waals surface area contributed by atoms with E-state index in [1.165, 1.54) is 12.1 Å². The van der Waals surface area contributed by atoms with Gasteiger partial charge in [0.1, 0.15) is 0 Å². The Labute approximate surface area is 74.5 Å². The maximum Gasteiger partial charge on any atom is 0.248 e. The number of nitrogens with two attached hydrogens (primary N) is 2. The molecule has 0 unspecified atom stereocenters. The lowest BCUT2D eigenvalue weighted by Gasteiger charge is -2.03. The van der Waals surface area contributed by atoms with Crippen LogP contribution in [0.2, 0.25) is 5.02 Å². The number of nitrogens with one attached hydrogen (secondary N) is 1. The van der Waals surface area contributed by atoms with Crippen molar-refractivity contribution in [3.8, 4) is 0 Å². The summed E-state index contributed by atoms with van der Waals surface area (Å²) in [6, 6.07) is 4.58. The van der Waals surface area contributed by atoms with E-state index >= 15 is 0 Å². The number of benzene rings is 1. The SMILES string of the molecule is NNc1cc(C(N)=O)ccc1Cl. The third-order valence-corrected chi connectivity index (χ3v) is 1.74. The molecule has 1 aromatic carbocycles. The van der Waals surface area contributed by atoms with Gasteiger partial charge >= 0.3 is 0 Å². The van der Waals surface area contributed by atoms with E-state index in [0.29, 0.717) is 16.3 Å². The lowest BCUT2D eigenvalue weighted by Crippen LogP contribution is -2.13. The minimum absolute atomic E-state index is 0.368. The summed E-state index contributed by atoms with van der Waals surface area (Å²) >= 11 is 5.71. The lowest BCUT2D eigenvalue weighted by atomic mass is 10.2. The Bertz CT molecular complexity index is 314. The minimum Gasteiger partial charge on any atom is -0.366 e. The van der Waals surface area contributed by atoms with E-state index in [-0.39, 0.29) is 0 Å². The van der Waals surface area contributed by atoms with Crippen molar-refractivity contribution < 1.29 is 4.79 Å². The van der Waals surface area contributed by atoms with Crippen LogP contribution in [0.5, 0.6) is 0 Å². The Morgan fingerprint density at radius 1 is 1.50 bits per heavy atom. The molecule has 0 saturated carbocycles. The number of amides is 1. The fraction of sp³-hybridized carbons (Fsp3) is 0. The Balaban J connectivity index is 3.13. The van der Waals surface area contributed by atoms with Gasteiger partial charge in [0.05, 0.1) is 10.7 Å². The highest BCUT2D eigenvalue weighted by Gasteiger charge is 2.03. The number of hydrogen-bond donors (Lipinski definition) is 3. The predicted molar refractivity (Wildman–Crippen MR) is 47.8 cm³/mol. The number of carbonyl (C=O) groups excluding carboxylic acids is 1. The maximum absolute atomic E-state index is 10.7. The predicted octanol–water partition coefficient (Wildman–Crippen LogP) is 0.725. The van der Waals surface area contributed by atoms with Crippen LogP contribution in [0.1, 0.15) is 10.4 Å². The highest BCUT2D eigenvalue weighted by molar-refractivity contribution is 6.33. The van der Waals surface area contributed by atoms with Crippen LogP contribution in [-0.4, -0.2) is 5.91 Å². The molecule has 1 aromatic rings. The summed E-state index contributed by atoms with van der Waals surface area (Å²) in [7, 11) is 0. The highest BCUT2D eigenvalue weighted by atomic mass is 35.5. The molecule has 0 aromatic heterocycles. The molecule has 64 valence electrons. The molecule has 0 bridgehead atoms. The van der Waals surface area contributed by atoms with Gasteiger partial charge in [-0.25, -0.2) is 0 Å². The third kappa shape index (κ3) is 1.66. The zero-order chi connectivity index (χ0) is 9.14. The number of anilines is 1. The first kappa shape index (κ1) is 8.83. The Kier molecular flexibility index (Phi) is 2.52. The summed E-state index contributed by atoms with van der Waals surface area (Å²) in [6.45, 7) is 0. The van der Waals surface area contributed by atoms with Crippen LogP contribution in [0.4, 0.5) is 5.69 Å². The lowest BCUT2D eigenvalue weighted by molar-refractivity contribution is 0.100. The van der Waals surface area contributed by atoms with Gasteiger partial charge in [-0.1, -0.05) is 11.6 Å². The van der Waals surface area contributed by atoms with Gasteiger partial charge in [-0.05, 0) is 18.2 Å². The molecule has 0 atom stereocenters. The van der Waals surface area contributed by atoms with Gasteiger partial charge in [-0.2, -0.15) is 0 Å². The molecule has 5 heteroatoms. The quantitative estimate of drug-likeness (QED) is 0.469. The van der Waals surface area contributed by atoms with E-state index in [1.807, 2.05) is 0 Å². The van der Waals surface area contributed by atoms with Crippen LogP contribution >= 0.6 is 11.6 Å². The van der Waals surface area contributed by atoms with Gasteiger partial charge in [0.25, 0.3) is 0 Å². The number of hydrazine groups is 1. The van der Waals surface area contributed by atoms with Gasteiger partial charge in [0.2, 0.25) is 5.91 Å². The first-order valence-corrected chi connectivity index (χ1v) is 3.59. The molecule has 0 aliphatic rings. The van der Waals surface area contributed by atoms with E-state index < -0.39 is 5.91 Å². The Morgan fingerprint density at radius 2 is 2.17 bits per heavy atom. The van der Waals surface area contributed by atoms with Crippen molar-refractivity contribution in [2.24, 2.45) is 11.6 Å². The number of nitrogen functional groups attached to an aromatic ring is 1. The van der Waals surface area contributed by atoms with Gasteiger partial charge in [-0.15, -0.1) is 0 Å². The molecular weight excluding hydrogens is 178 g/mol. The molecule has 0 spiro atoms. The van der Waals surface area contributed by atoms with Crippen molar-refractivity contribution >= 4 is 23.2 Å². The molecule has 1 amide bonds. The summed E-state index contributed by atoms with van der Waals surface area (Å²) in [4.78, 5) is 10.7. The standard InChI is InChI=1S/C7H8ClN3O/c8-5-2-1-4(7(9)12)3-6(5)11-10/h1-3,11H,10H2,(H2,9,12). The molecule has 0 heterocycles. The number of halogens is 1. The van der Waals surface area contributed by atoms with E-state index in [2.05, 4.69) is 5.43 Å². The molecule has 0 radical (unpaired) electrons. The normalized spacial score (nSPS) is 9.50. The first-order valence-electron chi connectivity index (χ1n) is 3.21. The monoisotopic (exact) mass is 185 g/mol. The first-order chi connectivity index (χ1) is 5.65. The molecule has 4 nitrogen and oxygen atoms in total. The second kappa shape index (κ2) is 3.42. The fourth-order valence-corrected chi connectivity index (χ4v) is 0.961. The minimum atomic E-state index is -0.511. The van der Waals surface area contributed by atoms with Crippen LogP contribution in [0.3, 0.4) is 0 Å². The summed E-state index contributed by atoms with van der Waals surface area (Å²) < 4.78 is 0. The van der Waals surface area contributed by atoms with Crippen LogP contribution < -0.4 is 17.0 Å². The molecule has 0 saturated heterocycles. The van der Waals surface area contributed by atoms with Crippen molar-refractivity contribution in [3.05, 3.63) is 28.8 Å². The molecule has 12 heavy (non-hydrogen) atoms. The van der Waals surface area contributed by atoms with Crippen LogP contribution in [-0.2, 0) is 0 Å². The van der Waals surface area contributed by atoms with Gasteiger partial charge in [0.15, 0.2) is 0 Å². The summed E-state index contributed by atoms with van der Waals surface area (Å²) in [6.07, 6.45) is 0. The third-order valence-electron chi connectivity index (χ3n) is 1.41. The topological polar surface area (TPSA) is 81.1 Å². The van der Waals surface area contributed by atoms with Gasteiger partial charge in [0, 0.05) is 5.56 Å². The van der Waals surface area contributed by atoms with Crippen LogP contribution in [0.15, 0.2) is 18.2 Å². The van der Waals surface area contributed by atoms with Crippen molar-refractivity contribution in [1.82, 2.24) is 0 Å². The average Bonchev–Trinajstić information content (AvgIpc) is 2.05. The Morgan fingerprint density at radius 3 is 2.67 bits per heavy atom. The van der Waals surface area contributed by atoms with Crippen molar-refractivity contribution in [3.63, 3.8) is 0 Å². The van der Waals surface area contributed by atoms with Gasteiger partial charge in [-0.3, -0.25) is 10.6 Å². The smallest absolute Gasteiger partial charge is 0.248 e. The summed E-state index contributed by atoms with van der Waals surface area (Å²) in [5.41, 5.74) is 8.24. The van der Waals surface area contributed by atoms with E-state index in [0.717, 1.165) is 0 Å². The number of primary amides is 1. The Hall–Kier alpha value is -1.26. The number of hydrogen-bond acceptors (Lipinski definition) is 3. The van der Waals surface area contributed by atoms with Crippen LogP contribution in [0, 0.1) is 0 Å². The van der Waals surface area contributed by atoms with Crippen molar-refractivity contribution in [2.45, 2.75) is 0 Å². The second-order valence-corrected chi connectivity index (χ2v) is 2.61. The highest BCUT2D eigenvalue weighted by Crippen LogP contribution is 2.21. The fourth-order valence-electron chi connectivity index (χ4n) is 0.789. The average molecular weight is 186 g/mol. The maximum atomic E-state index is 10.7. The molecule has 5 N–H and O–H groups in total. The van der Waals surface area contributed by atoms with Crippen molar-refractivity contribution in [1.29, 1.82) is 0 Å². The van der Waals surface area contributed by atoms with E-state index in [4.69, 9.17) is 23.2 Å². The van der Waals surface area contributed by atoms with Crippen molar-refractivity contribution in [2.75, 3.05) is 5.43 Å². The molecule has 0 aliphatic carbocycles. The van der Waals surface area contributed by atoms with E-state index in [1.54, 1.807) is 6.07 Å². The molecule has 0 fully saturated rings. The molecule has 0 aliphatic heterocycles.